The standard InChI is InChI=1S/C12H11Cl2NO/c1-7-11(16)5-12(7,6-15)8-2-3-9(13)10(14)4-8/h2-4,7,11,16H,5H2,1H3/t7-,11?,12+/m1/s1. The number of aliphatic hydroxyl groups excluding tert-OH is 1. The summed E-state index contributed by atoms with van der Waals surface area (Å²) < 4.78 is 0. The highest BCUT2D eigenvalue weighted by Gasteiger charge is 2.52. The molecule has 2 rings (SSSR count). The van der Waals surface area contributed by atoms with Gasteiger partial charge in [0.25, 0.3) is 0 Å². The lowest BCUT2D eigenvalue weighted by molar-refractivity contribution is -0.0211. The van der Waals surface area contributed by atoms with E-state index in [4.69, 9.17) is 23.2 Å². The number of nitrogens with zero attached hydrogens (tertiary/aromatic N) is 1. The predicted molar refractivity (Wildman–Crippen MR) is 63.5 cm³/mol. The third-order valence-corrected chi connectivity index (χ3v) is 4.26. The summed E-state index contributed by atoms with van der Waals surface area (Å²) in [6.45, 7) is 1.87. The van der Waals surface area contributed by atoms with E-state index >= 15 is 0 Å². The van der Waals surface area contributed by atoms with Crippen LogP contribution in [-0.2, 0) is 5.41 Å². The normalized spacial score (nSPS) is 32.9. The maximum atomic E-state index is 9.56. The largest absolute Gasteiger partial charge is 0.393 e. The molecule has 0 spiro atoms. The molecule has 1 aromatic carbocycles. The van der Waals surface area contributed by atoms with E-state index in [1.54, 1.807) is 18.2 Å². The second-order valence-electron chi connectivity index (χ2n) is 4.27. The van der Waals surface area contributed by atoms with Crippen LogP contribution in [-0.4, -0.2) is 11.2 Å². The quantitative estimate of drug-likeness (QED) is 0.838. The minimum atomic E-state index is -0.617. The number of rotatable bonds is 1. The smallest absolute Gasteiger partial charge is 0.0897 e. The average molecular weight is 256 g/mol. The lowest BCUT2D eigenvalue weighted by Crippen LogP contribution is -2.52. The van der Waals surface area contributed by atoms with Crippen molar-refractivity contribution in [2.75, 3.05) is 0 Å². The molecule has 1 aromatic rings. The molecule has 0 radical (unpaired) electrons. The van der Waals surface area contributed by atoms with Crippen molar-refractivity contribution in [2.24, 2.45) is 5.92 Å². The Bertz CT molecular complexity index is 469. The third-order valence-electron chi connectivity index (χ3n) is 3.52. The Balaban J connectivity index is 2.44. The zero-order valence-electron chi connectivity index (χ0n) is 8.74. The maximum Gasteiger partial charge on any atom is 0.0897 e. The van der Waals surface area contributed by atoms with E-state index in [-0.39, 0.29) is 5.92 Å². The Hall–Kier alpha value is -0.750. The van der Waals surface area contributed by atoms with Gasteiger partial charge in [0.2, 0.25) is 0 Å². The first kappa shape index (κ1) is 11.7. The summed E-state index contributed by atoms with van der Waals surface area (Å²) in [6, 6.07) is 7.51. The molecule has 0 aliphatic heterocycles. The zero-order chi connectivity index (χ0) is 11.9. The zero-order valence-corrected chi connectivity index (χ0v) is 10.3. The van der Waals surface area contributed by atoms with Gasteiger partial charge in [-0.1, -0.05) is 36.2 Å². The van der Waals surface area contributed by atoms with Crippen LogP contribution in [0.1, 0.15) is 18.9 Å². The Morgan fingerprint density at radius 1 is 1.44 bits per heavy atom. The van der Waals surface area contributed by atoms with Crippen LogP contribution < -0.4 is 0 Å². The van der Waals surface area contributed by atoms with Crippen LogP contribution in [0.25, 0.3) is 0 Å². The molecule has 84 valence electrons. The van der Waals surface area contributed by atoms with E-state index in [0.717, 1.165) is 5.56 Å². The Labute approximate surface area is 104 Å². The molecule has 16 heavy (non-hydrogen) atoms. The van der Waals surface area contributed by atoms with Crippen LogP contribution in [0.4, 0.5) is 0 Å². The van der Waals surface area contributed by atoms with Gasteiger partial charge in [-0.25, -0.2) is 0 Å². The predicted octanol–water partition coefficient (Wildman–Crippen LogP) is 3.16. The molecule has 1 aliphatic rings. The highest BCUT2D eigenvalue weighted by Crippen LogP contribution is 2.49. The van der Waals surface area contributed by atoms with E-state index in [1.807, 2.05) is 6.92 Å². The van der Waals surface area contributed by atoms with Gasteiger partial charge in [-0.15, -0.1) is 0 Å². The summed E-state index contributed by atoms with van der Waals surface area (Å²) in [5.74, 6) is -0.0743. The SMILES string of the molecule is C[C@@H]1C(O)C[C@@]1(C#N)c1ccc(Cl)c(Cl)c1. The molecule has 4 heteroatoms. The molecule has 1 saturated carbocycles. The summed E-state index contributed by atoms with van der Waals surface area (Å²) in [7, 11) is 0. The molecule has 0 saturated heterocycles. The van der Waals surface area contributed by atoms with Gasteiger partial charge < -0.3 is 5.11 Å². The first-order valence-corrected chi connectivity index (χ1v) is 5.81. The highest BCUT2D eigenvalue weighted by molar-refractivity contribution is 6.42. The molecule has 1 unspecified atom stereocenters. The fourth-order valence-corrected chi connectivity index (χ4v) is 2.52. The molecule has 1 fully saturated rings. The van der Waals surface area contributed by atoms with Crippen molar-refractivity contribution in [3.05, 3.63) is 33.8 Å². The van der Waals surface area contributed by atoms with Crippen LogP contribution >= 0.6 is 23.2 Å². The lowest BCUT2D eigenvalue weighted by atomic mass is 9.56. The summed E-state index contributed by atoms with van der Waals surface area (Å²) in [6.07, 6.45) is 0.0527. The van der Waals surface area contributed by atoms with Gasteiger partial charge in [0.05, 0.1) is 27.6 Å². The maximum absolute atomic E-state index is 9.56. The summed E-state index contributed by atoms with van der Waals surface area (Å²) in [5, 5.41) is 19.8. The van der Waals surface area contributed by atoms with Gasteiger partial charge in [0, 0.05) is 5.92 Å². The fourth-order valence-electron chi connectivity index (χ4n) is 2.23. The van der Waals surface area contributed by atoms with Gasteiger partial charge in [0.1, 0.15) is 0 Å². The van der Waals surface area contributed by atoms with Crippen LogP contribution in [0, 0.1) is 17.2 Å². The number of benzene rings is 1. The van der Waals surface area contributed by atoms with Gasteiger partial charge in [-0.2, -0.15) is 5.26 Å². The first-order chi connectivity index (χ1) is 7.51. The van der Waals surface area contributed by atoms with Crippen molar-refractivity contribution in [1.82, 2.24) is 0 Å². The van der Waals surface area contributed by atoms with E-state index < -0.39 is 11.5 Å². The van der Waals surface area contributed by atoms with Crippen molar-refractivity contribution in [3.8, 4) is 6.07 Å². The fraction of sp³-hybridized carbons (Fsp3) is 0.417. The topological polar surface area (TPSA) is 44.0 Å². The van der Waals surface area contributed by atoms with Crippen molar-refractivity contribution < 1.29 is 5.11 Å². The second kappa shape index (κ2) is 3.92. The van der Waals surface area contributed by atoms with Crippen LogP contribution in [0.15, 0.2) is 18.2 Å². The minimum Gasteiger partial charge on any atom is -0.393 e. The molecular formula is C12H11Cl2NO. The molecule has 0 bridgehead atoms. The van der Waals surface area contributed by atoms with E-state index in [9.17, 15) is 10.4 Å². The molecular weight excluding hydrogens is 245 g/mol. The average Bonchev–Trinajstić information content (AvgIpc) is 2.29. The monoisotopic (exact) mass is 255 g/mol. The Kier molecular flexibility index (Phi) is 2.88. The van der Waals surface area contributed by atoms with Gasteiger partial charge in [0.15, 0.2) is 0 Å². The first-order valence-electron chi connectivity index (χ1n) is 5.06. The molecule has 0 amide bonds. The van der Waals surface area contributed by atoms with Gasteiger partial charge >= 0.3 is 0 Å². The number of hydrogen-bond acceptors (Lipinski definition) is 2. The van der Waals surface area contributed by atoms with E-state index in [1.165, 1.54) is 0 Å². The molecule has 1 aliphatic carbocycles. The molecule has 1 N–H and O–H groups in total. The molecule has 2 nitrogen and oxygen atoms in total. The van der Waals surface area contributed by atoms with Crippen LogP contribution in [0.3, 0.4) is 0 Å². The molecule has 3 atom stereocenters. The lowest BCUT2D eigenvalue weighted by Gasteiger charge is -2.47. The van der Waals surface area contributed by atoms with Crippen molar-refractivity contribution in [2.45, 2.75) is 24.9 Å². The van der Waals surface area contributed by atoms with Gasteiger partial charge in [-0.05, 0) is 24.1 Å². The van der Waals surface area contributed by atoms with Gasteiger partial charge in [-0.3, -0.25) is 0 Å². The number of halogens is 2. The summed E-state index contributed by atoms with van der Waals surface area (Å²) in [5.41, 5.74) is 0.218. The van der Waals surface area contributed by atoms with E-state index in [2.05, 4.69) is 6.07 Å². The van der Waals surface area contributed by atoms with Crippen molar-refractivity contribution in [3.63, 3.8) is 0 Å². The van der Waals surface area contributed by atoms with Crippen LogP contribution in [0.5, 0.6) is 0 Å². The van der Waals surface area contributed by atoms with E-state index in [0.29, 0.717) is 16.5 Å². The second-order valence-corrected chi connectivity index (χ2v) is 5.09. The van der Waals surface area contributed by atoms with Crippen molar-refractivity contribution in [1.29, 1.82) is 5.26 Å². The minimum absolute atomic E-state index is 0.0743. The number of aliphatic hydroxyl groups is 1. The van der Waals surface area contributed by atoms with Crippen LogP contribution in [0.2, 0.25) is 10.0 Å². The Morgan fingerprint density at radius 2 is 2.12 bits per heavy atom. The number of hydrogen-bond donors (Lipinski definition) is 1. The third kappa shape index (κ3) is 1.51. The molecule has 0 aromatic heterocycles. The molecule has 0 heterocycles. The number of nitriles is 1. The Morgan fingerprint density at radius 3 is 2.56 bits per heavy atom. The highest BCUT2D eigenvalue weighted by atomic mass is 35.5. The summed E-state index contributed by atoms with van der Waals surface area (Å²) >= 11 is 11.8. The van der Waals surface area contributed by atoms with Crippen molar-refractivity contribution >= 4 is 23.2 Å². The summed E-state index contributed by atoms with van der Waals surface area (Å²) in [4.78, 5) is 0.